The van der Waals surface area contributed by atoms with E-state index >= 15 is 0 Å². The Morgan fingerprint density at radius 2 is 1.63 bits per heavy atom. The first-order valence-electron chi connectivity index (χ1n) is 10.1. The van der Waals surface area contributed by atoms with Crippen LogP contribution in [0.4, 0.5) is 10.1 Å². The van der Waals surface area contributed by atoms with E-state index in [0.717, 1.165) is 0 Å². The number of benzene rings is 2. The summed E-state index contributed by atoms with van der Waals surface area (Å²) in [5.41, 5.74) is 1.02. The van der Waals surface area contributed by atoms with Gasteiger partial charge in [0.15, 0.2) is 0 Å². The molecule has 0 saturated carbocycles. The molecule has 2 amide bonds. The lowest BCUT2D eigenvalue weighted by atomic mass is 10.0. The summed E-state index contributed by atoms with van der Waals surface area (Å²) in [6.45, 7) is 5.87. The fourth-order valence-corrected chi connectivity index (χ4v) is 3.55. The first-order chi connectivity index (χ1) is 14.4. The number of hydrogen-bond acceptors (Lipinski definition) is 4. The maximum Gasteiger partial charge on any atom is 0.251 e. The van der Waals surface area contributed by atoms with Crippen LogP contribution in [0.1, 0.15) is 24.2 Å². The van der Waals surface area contributed by atoms with E-state index < -0.39 is 6.04 Å². The Bertz CT molecular complexity index is 878. The number of anilines is 1. The summed E-state index contributed by atoms with van der Waals surface area (Å²) < 4.78 is 19.2. The fraction of sp³-hybridized carbons (Fsp3) is 0.391. The molecule has 1 aliphatic rings. The van der Waals surface area contributed by atoms with E-state index in [-0.39, 0.29) is 23.5 Å². The van der Waals surface area contributed by atoms with Gasteiger partial charge in [0.2, 0.25) is 5.91 Å². The van der Waals surface area contributed by atoms with Crippen LogP contribution in [0.2, 0.25) is 0 Å². The first-order valence-corrected chi connectivity index (χ1v) is 10.1. The second-order valence-electron chi connectivity index (χ2n) is 7.69. The van der Waals surface area contributed by atoms with Gasteiger partial charge >= 0.3 is 0 Å². The number of amides is 2. The van der Waals surface area contributed by atoms with Crippen molar-refractivity contribution in [1.29, 1.82) is 0 Å². The highest BCUT2D eigenvalue weighted by Crippen LogP contribution is 2.21. The van der Waals surface area contributed by atoms with E-state index in [1.807, 2.05) is 18.7 Å². The Hall–Kier alpha value is -3.09. The van der Waals surface area contributed by atoms with E-state index in [0.29, 0.717) is 43.2 Å². The van der Waals surface area contributed by atoms with Gasteiger partial charge in [-0.1, -0.05) is 26.0 Å². The molecule has 30 heavy (non-hydrogen) atoms. The molecule has 6 nitrogen and oxygen atoms in total. The highest BCUT2D eigenvalue weighted by atomic mass is 19.1. The zero-order chi connectivity index (χ0) is 21.7. The number of para-hydroxylation sites is 1. The lowest BCUT2D eigenvalue weighted by Crippen LogP contribution is -2.56. The summed E-state index contributed by atoms with van der Waals surface area (Å²) in [6.07, 6.45) is 0. The molecule has 0 unspecified atom stereocenters. The minimum absolute atomic E-state index is 0.0655. The SMILES string of the molecule is COc1ccc(C(=O)N[C@H](C(=O)N2CCN(c3ccccc3F)CC2)C(C)C)cc1. The van der Waals surface area contributed by atoms with Crippen molar-refractivity contribution >= 4 is 17.5 Å². The molecule has 1 atom stereocenters. The predicted molar refractivity (Wildman–Crippen MR) is 114 cm³/mol. The molecule has 1 aliphatic heterocycles. The zero-order valence-corrected chi connectivity index (χ0v) is 17.6. The number of nitrogens with zero attached hydrogens (tertiary/aromatic N) is 2. The molecule has 1 N–H and O–H groups in total. The van der Waals surface area contributed by atoms with Crippen molar-refractivity contribution in [3.63, 3.8) is 0 Å². The minimum atomic E-state index is -0.625. The molecule has 7 heteroatoms. The van der Waals surface area contributed by atoms with Crippen LogP contribution in [-0.2, 0) is 4.79 Å². The highest BCUT2D eigenvalue weighted by Gasteiger charge is 2.31. The summed E-state index contributed by atoms with van der Waals surface area (Å²) in [7, 11) is 1.56. The number of carbonyl (C=O) groups excluding carboxylic acids is 2. The van der Waals surface area contributed by atoms with Crippen molar-refractivity contribution in [2.45, 2.75) is 19.9 Å². The van der Waals surface area contributed by atoms with Crippen LogP contribution in [0.3, 0.4) is 0 Å². The van der Waals surface area contributed by atoms with Crippen LogP contribution in [0.25, 0.3) is 0 Å². The number of halogens is 1. The topological polar surface area (TPSA) is 61.9 Å². The van der Waals surface area contributed by atoms with E-state index in [9.17, 15) is 14.0 Å². The van der Waals surface area contributed by atoms with E-state index in [1.165, 1.54) is 6.07 Å². The molecule has 0 spiro atoms. The maximum atomic E-state index is 14.0. The molecule has 0 aliphatic carbocycles. The average molecular weight is 413 g/mol. The minimum Gasteiger partial charge on any atom is -0.497 e. The Kier molecular flexibility index (Phi) is 6.92. The van der Waals surface area contributed by atoms with Gasteiger partial charge in [0.1, 0.15) is 17.6 Å². The van der Waals surface area contributed by atoms with Crippen LogP contribution < -0.4 is 15.0 Å². The molecule has 2 aromatic rings. The third-order valence-corrected chi connectivity index (χ3v) is 5.36. The lowest BCUT2D eigenvalue weighted by Gasteiger charge is -2.38. The Morgan fingerprint density at radius 1 is 1.00 bits per heavy atom. The molecule has 160 valence electrons. The summed E-state index contributed by atoms with van der Waals surface area (Å²) >= 11 is 0. The van der Waals surface area contributed by atoms with Gasteiger partial charge in [-0.2, -0.15) is 0 Å². The Morgan fingerprint density at radius 3 is 2.20 bits per heavy atom. The van der Waals surface area contributed by atoms with Crippen LogP contribution in [0, 0.1) is 11.7 Å². The monoisotopic (exact) mass is 413 g/mol. The first kappa shape index (κ1) is 21.6. The third-order valence-electron chi connectivity index (χ3n) is 5.36. The van der Waals surface area contributed by atoms with Crippen LogP contribution in [0.5, 0.6) is 5.75 Å². The van der Waals surface area contributed by atoms with Crippen molar-refractivity contribution < 1.29 is 18.7 Å². The summed E-state index contributed by atoms with van der Waals surface area (Å²) in [5, 5.41) is 2.87. The van der Waals surface area contributed by atoms with Gasteiger partial charge in [-0.15, -0.1) is 0 Å². The lowest BCUT2D eigenvalue weighted by molar-refractivity contribution is -0.134. The molecular weight excluding hydrogens is 385 g/mol. The quantitative estimate of drug-likeness (QED) is 0.791. The number of hydrogen-bond donors (Lipinski definition) is 1. The van der Waals surface area contributed by atoms with Crippen molar-refractivity contribution in [3.8, 4) is 5.75 Å². The number of nitrogens with one attached hydrogen (secondary N) is 1. The Balaban J connectivity index is 1.63. The smallest absolute Gasteiger partial charge is 0.251 e. The van der Waals surface area contributed by atoms with E-state index in [2.05, 4.69) is 5.32 Å². The molecule has 1 heterocycles. The van der Waals surface area contributed by atoms with Gasteiger partial charge in [-0.05, 0) is 42.3 Å². The van der Waals surface area contributed by atoms with Crippen molar-refractivity contribution in [1.82, 2.24) is 10.2 Å². The molecule has 1 saturated heterocycles. The maximum absolute atomic E-state index is 14.0. The molecule has 0 radical (unpaired) electrons. The van der Waals surface area contributed by atoms with Gasteiger partial charge < -0.3 is 19.9 Å². The van der Waals surface area contributed by atoms with Crippen LogP contribution in [-0.4, -0.2) is 56.0 Å². The standard InChI is InChI=1S/C23H28FN3O3/c1-16(2)21(25-22(28)17-8-10-18(30-3)11-9-17)23(29)27-14-12-26(13-15-27)20-7-5-4-6-19(20)24/h4-11,16,21H,12-15H2,1-3H3,(H,25,28)/t21-/m0/s1. The second kappa shape index (κ2) is 9.61. The van der Waals surface area contributed by atoms with Gasteiger partial charge in [0, 0.05) is 31.7 Å². The number of ether oxygens (including phenoxy) is 1. The number of methoxy groups -OCH3 is 1. The van der Waals surface area contributed by atoms with Crippen molar-refractivity contribution in [3.05, 3.63) is 59.9 Å². The summed E-state index contributed by atoms with van der Waals surface area (Å²) in [6, 6.07) is 12.8. The predicted octanol–water partition coefficient (Wildman–Crippen LogP) is 2.94. The number of piperazine rings is 1. The van der Waals surface area contributed by atoms with Crippen molar-refractivity contribution in [2.24, 2.45) is 5.92 Å². The molecule has 1 fully saturated rings. The highest BCUT2D eigenvalue weighted by molar-refractivity contribution is 5.97. The van der Waals surface area contributed by atoms with Gasteiger partial charge in [-0.25, -0.2) is 4.39 Å². The largest absolute Gasteiger partial charge is 0.497 e. The van der Waals surface area contributed by atoms with Crippen molar-refractivity contribution in [2.75, 3.05) is 38.2 Å². The van der Waals surface area contributed by atoms with Gasteiger partial charge in [0.05, 0.1) is 12.8 Å². The van der Waals surface area contributed by atoms with Gasteiger partial charge in [-0.3, -0.25) is 9.59 Å². The molecule has 3 rings (SSSR count). The third kappa shape index (κ3) is 4.90. The number of rotatable bonds is 6. The van der Waals surface area contributed by atoms with Gasteiger partial charge in [0.25, 0.3) is 5.91 Å². The number of carbonyl (C=O) groups is 2. The normalized spacial score (nSPS) is 15.1. The van der Waals surface area contributed by atoms with Crippen LogP contribution >= 0.6 is 0 Å². The summed E-state index contributed by atoms with van der Waals surface area (Å²) in [4.78, 5) is 29.5. The average Bonchev–Trinajstić information content (AvgIpc) is 2.77. The molecular formula is C23H28FN3O3. The van der Waals surface area contributed by atoms with E-state index in [4.69, 9.17) is 4.74 Å². The molecule has 0 bridgehead atoms. The second-order valence-corrected chi connectivity index (χ2v) is 7.69. The van der Waals surface area contributed by atoms with Crippen LogP contribution in [0.15, 0.2) is 48.5 Å². The van der Waals surface area contributed by atoms with E-state index in [1.54, 1.807) is 54.5 Å². The molecule has 2 aromatic carbocycles. The molecule has 0 aromatic heterocycles. The Labute approximate surface area is 176 Å². The summed E-state index contributed by atoms with van der Waals surface area (Å²) in [5.74, 6) is -0.0705. The fourth-order valence-electron chi connectivity index (χ4n) is 3.55. The zero-order valence-electron chi connectivity index (χ0n) is 17.6.